The zero-order chi connectivity index (χ0) is 11.0. The van der Waals surface area contributed by atoms with Gasteiger partial charge < -0.3 is 10.3 Å². The Balaban J connectivity index is 2.80. The fourth-order valence-electron chi connectivity index (χ4n) is 1.71. The van der Waals surface area contributed by atoms with Gasteiger partial charge in [-0.25, -0.2) is 4.39 Å². The van der Waals surface area contributed by atoms with Crippen LogP contribution in [0.5, 0.6) is 0 Å². The van der Waals surface area contributed by atoms with Gasteiger partial charge in [0.2, 0.25) is 0 Å². The number of primary amides is 1. The largest absolute Gasteiger partial charge is 0.366 e. The molecule has 0 bridgehead atoms. The van der Waals surface area contributed by atoms with E-state index < -0.39 is 12.2 Å². The number of nitrogens with zero attached hydrogens (tertiary/aromatic N) is 1. The second-order valence-electron chi connectivity index (χ2n) is 3.40. The van der Waals surface area contributed by atoms with Gasteiger partial charge in [0.1, 0.15) is 0 Å². The van der Waals surface area contributed by atoms with E-state index in [1.165, 1.54) is 11.5 Å². The Bertz CT molecular complexity index is 516. The van der Waals surface area contributed by atoms with E-state index in [2.05, 4.69) is 0 Å². The Labute approximate surface area is 86.3 Å². The van der Waals surface area contributed by atoms with E-state index in [4.69, 9.17) is 5.73 Å². The number of benzene rings is 1. The van der Waals surface area contributed by atoms with Crippen molar-refractivity contribution in [2.24, 2.45) is 5.73 Å². The van der Waals surface area contributed by atoms with Crippen LogP contribution in [0.15, 0.2) is 30.5 Å². The highest BCUT2D eigenvalue weighted by Crippen LogP contribution is 2.23. The molecule has 1 heterocycles. The SMILES string of the molecule is CC(F)n1ccc2cccc(C(N)=O)c21. The van der Waals surface area contributed by atoms with Crippen LogP contribution in [0.1, 0.15) is 23.6 Å². The predicted molar refractivity (Wildman–Crippen MR) is 56.3 cm³/mol. The monoisotopic (exact) mass is 206 g/mol. The lowest BCUT2D eigenvalue weighted by molar-refractivity contribution is 0.100. The van der Waals surface area contributed by atoms with Crippen LogP contribution in [0.3, 0.4) is 0 Å². The van der Waals surface area contributed by atoms with Crippen LogP contribution in [-0.4, -0.2) is 10.5 Å². The number of para-hydroxylation sites is 1. The van der Waals surface area contributed by atoms with Crippen LogP contribution >= 0.6 is 0 Å². The van der Waals surface area contributed by atoms with Crippen molar-refractivity contribution in [1.82, 2.24) is 4.57 Å². The first-order valence-electron chi connectivity index (χ1n) is 4.64. The van der Waals surface area contributed by atoms with Gasteiger partial charge in [-0.1, -0.05) is 12.1 Å². The van der Waals surface area contributed by atoms with Gasteiger partial charge >= 0.3 is 0 Å². The lowest BCUT2D eigenvalue weighted by atomic mass is 10.1. The third-order valence-electron chi connectivity index (χ3n) is 2.39. The first kappa shape index (κ1) is 9.71. The fourth-order valence-corrected chi connectivity index (χ4v) is 1.71. The first-order valence-corrected chi connectivity index (χ1v) is 4.64. The molecule has 2 aromatic rings. The molecule has 1 amide bonds. The molecule has 0 aliphatic carbocycles. The average Bonchev–Trinajstić information content (AvgIpc) is 2.60. The normalized spacial score (nSPS) is 12.9. The third kappa shape index (κ3) is 1.48. The number of alkyl halides is 1. The first-order chi connectivity index (χ1) is 7.11. The molecule has 4 heteroatoms. The van der Waals surface area contributed by atoms with Crippen molar-refractivity contribution in [2.45, 2.75) is 13.2 Å². The summed E-state index contributed by atoms with van der Waals surface area (Å²) in [6, 6.07) is 6.91. The third-order valence-corrected chi connectivity index (χ3v) is 2.39. The van der Waals surface area contributed by atoms with Crippen LogP contribution in [0.25, 0.3) is 10.9 Å². The van der Waals surface area contributed by atoms with Crippen molar-refractivity contribution in [2.75, 3.05) is 0 Å². The van der Waals surface area contributed by atoms with Crippen molar-refractivity contribution in [3.8, 4) is 0 Å². The minimum Gasteiger partial charge on any atom is -0.366 e. The average molecular weight is 206 g/mol. The molecule has 2 N–H and O–H groups in total. The van der Waals surface area contributed by atoms with Gasteiger partial charge in [0.05, 0.1) is 11.1 Å². The zero-order valence-electron chi connectivity index (χ0n) is 8.27. The van der Waals surface area contributed by atoms with Crippen molar-refractivity contribution in [3.63, 3.8) is 0 Å². The quantitative estimate of drug-likeness (QED) is 0.804. The van der Waals surface area contributed by atoms with Gasteiger partial charge in [0.25, 0.3) is 5.91 Å². The standard InChI is InChI=1S/C11H11FN2O/c1-7(12)14-6-5-8-3-2-4-9(10(8)14)11(13)15/h2-7H,1H3,(H2,13,15). The molecule has 0 aliphatic rings. The molecule has 1 atom stereocenters. The van der Waals surface area contributed by atoms with Crippen LogP contribution in [0.2, 0.25) is 0 Å². The van der Waals surface area contributed by atoms with E-state index in [1.54, 1.807) is 24.4 Å². The Morgan fingerprint density at radius 2 is 2.20 bits per heavy atom. The van der Waals surface area contributed by atoms with Crippen LogP contribution < -0.4 is 5.73 Å². The molecule has 3 nitrogen and oxygen atoms in total. The maximum atomic E-state index is 13.3. The summed E-state index contributed by atoms with van der Waals surface area (Å²) in [6.45, 7) is 1.41. The van der Waals surface area contributed by atoms with Gasteiger partial charge in [-0.15, -0.1) is 0 Å². The maximum absolute atomic E-state index is 13.3. The summed E-state index contributed by atoms with van der Waals surface area (Å²) in [7, 11) is 0. The lowest BCUT2D eigenvalue weighted by Crippen LogP contribution is -2.13. The summed E-state index contributed by atoms with van der Waals surface area (Å²) in [6.07, 6.45) is 0.435. The number of hydrogen-bond donors (Lipinski definition) is 1. The van der Waals surface area contributed by atoms with Crippen LogP contribution in [0, 0.1) is 0 Å². The molecular weight excluding hydrogens is 195 g/mol. The fraction of sp³-hybridized carbons (Fsp3) is 0.182. The van der Waals surface area contributed by atoms with Gasteiger partial charge in [-0.05, 0) is 19.1 Å². The lowest BCUT2D eigenvalue weighted by Gasteiger charge is -2.08. The molecule has 0 radical (unpaired) electrons. The van der Waals surface area contributed by atoms with Crippen molar-refractivity contribution < 1.29 is 9.18 Å². The van der Waals surface area contributed by atoms with Crippen molar-refractivity contribution in [1.29, 1.82) is 0 Å². The van der Waals surface area contributed by atoms with E-state index in [9.17, 15) is 9.18 Å². The number of aromatic nitrogens is 1. The molecule has 1 unspecified atom stereocenters. The van der Waals surface area contributed by atoms with E-state index in [-0.39, 0.29) is 0 Å². The number of carbonyl (C=O) groups is 1. The van der Waals surface area contributed by atoms with Crippen molar-refractivity contribution >= 4 is 16.8 Å². The molecule has 0 spiro atoms. The van der Waals surface area contributed by atoms with E-state index in [0.717, 1.165) is 5.39 Å². The Morgan fingerprint density at radius 1 is 1.47 bits per heavy atom. The second kappa shape index (κ2) is 3.38. The van der Waals surface area contributed by atoms with E-state index in [0.29, 0.717) is 11.1 Å². The number of amides is 1. The summed E-state index contributed by atoms with van der Waals surface area (Å²) in [5, 5.41) is 0.816. The summed E-state index contributed by atoms with van der Waals surface area (Å²) in [4.78, 5) is 11.2. The Morgan fingerprint density at radius 3 is 2.80 bits per heavy atom. The van der Waals surface area contributed by atoms with Crippen molar-refractivity contribution in [3.05, 3.63) is 36.0 Å². The zero-order valence-corrected chi connectivity index (χ0v) is 8.27. The predicted octanol–water partition coefficient (Wildman–Crippen LogP) is 2.23. The molecule has 0 saturated carbocycles. The maximum Gasteiger partial charge on any atom is 0.250 e. The molecule has 1 aromatic heterocycles. The number of carbonyl (C=O) groups excluding carboxylic acids is 1. The summed E-state index contributed by atoms with van der Waals surface area (Å²) >= 11 is 0. The van der Waals surface area contributed by atoms with Crippen LogP contribution in [-0.2, 0) is 0 Å². The molecule has 0 aliphatic heterocycles. The highest BCUT2D eigenvalue weighted by Gasteiger charge is 2.13. The highest BCUT2D eigenvalue weighted by molar-refractivity contribution is 6.05. The van der Waals surface area contributed by atoms with Crippen LogP contribution in [0.4, 0.5) is 4.39 Å². The molecule has 2 rings (SSSR count). The van der Waals surface area contributed by atoms with Gasteiger partial charge in [0.15, 0.2) is 6.30 Å². The van der Waals surface area contributed by atoms with E-state index >= 15 is 0 Å². The number of rotatable bonds is 2. The number of halogens is 1. The second-order valence-corrected chi connectivity index (χ2v) is 3.40. The van der Waals surface area contributed by atoms with Gasteiger partial charge in [-0.2, -0.15) is 0 Å². The molecule has 78 valence electrons. The minimum absolute atomic E-state index is 0.349. The summed E-state index contributed by atoms with van der Waals surface area (Å²) in [5.41, 5.74) is 6.14. The smallest absolute Gasteiger partial charge is 0.250 e. The highest BCUT2D eigenvalue weighted by atomic mass is 19.1. The molecular formula is C11H11FN2O. The number of fused-ring (bicyclic) bond motifs is 1. The molecule has 1 aromatic carbocycles. The molecule has 15 heavy (non-hydrogen) atoms. The minimum atomic E-state index is -1.18. The topological polar surface area (TPSA) is 48.0 Å². The van der Waals surface area contributed by atoms with Gasteiger partial charge in [0, 0.05) is 11.6 Å². The summed E-state index contributed by atoms with van der Waals surface area (Å²) in [5.74, 6) is -0.541. The number of nitrogens with two attached hydrogens (primary N) is 1. The molecule has 0 fully saturated rings. The number of hydrogen-bond acceptors (Lipinski definition) is 1. The summed E-state index contributed by atoms with van der Waals surface area (Å²) < 4.78 is 14.6. The Kier molecular flexibility index (Phi) is 2.19. The Hall–Kier alpha value is -1.84. The van der Waals surface area contributed by atoms with Gasteiger partial charge in [-0.3, -0.25) is 4.79 Å². The molecule has 0 saturated heterocycles. The van der Waals surface area contributed by atoms with E-state index in [1.807, 2.05) is 6.07 Å².